The summed E-state index contributed by atoms with van der Waals surface area (Å²) < 4.78 is 27.8. The number of carboxylic acids is 1. The van der Waals surface area contributed by atoms with Gasteiger partial charge in [0.25, 0.3) is 5.69 Å². The molecule has 0 radical (unpaired) electrons. The quantitative estimate of drug-likeness (QED) is 0.542. The fourth-order valence-electron chi connectivity index (χ4n) is 3.09. The number of aliphatic carboxylic acids is 1. The van der Waals surface area contributed by atoms with Gasteiger partial charge in [-0.1, -0.05) is 6.92 Å². The molecule has 0 saturated heterocycles. The number of anilines is 1. The first-order chi connectivity index (χ1) is 12.1. The molecule has 0 atom stereocenters. The molecule has 0 bridgehead atoms. The Morgan fingerprint density at radius 2 is 1.96 bits per heavy atom. The third-order valence-electron chi connectivity index (χ3n) is 4.58. The molecule has 1 aromatic rings. The summed E-state index contributed by atoms with van der Waals surface area (Å²) in [5.41, 5.74) is -0.406. The van der Waals surface area contributed by atoms with Crippen LogP contribution >= 0.6 is 0 Å². The van der Waals surface area contributed by atoms with Crippen LogP contribution in [0.4, 0.5) is 11.4 Å². The van der Waals surface area contributed by atoms with Gasteiger partial charge >= 0.3 is 5.97 Å². The Hall–Kier alpha value is -2.20. The summed E-state index contributed by atoms with van der Waals surface area (Å²) in [6.45, 7) is 1.69. The molecule has 0 heterocycles. The molecule has 144 valence electrons. The molecular formula is C16H23N3O6S. The number of hydrogen-bond acceptors (Lipinski definition) is 6. The van der Waals surface area contributed by atoms with E-state index in [9.17, 15) is 23.3 Å². The average Bonchev–Trinajstić information content (AvgIpc) is 2.55. The Labute approximate surface area is 152 Å². The molecule has 1 saturated carbocycles. The third kappa shape index (κ3) is 4.92. The molecule has 0 spiro atoms. The number of carboxylic acid groups (broad SMARTS) is 1. The monoisotopic (exact) mass is 385 g/mol. The topological polar surface area (TPSA) is 130 Å². The molecule has 0 aromatic heterocycles. The van der Waals surface area contributed by atoms with Crippen molar-refractivity contribution in [2.24, 2.45) is 5.92 Å². The number of nitrogens with one attached hydrogen (secondary N) is 1. The molecule has 1 aliphatic carbocycles. The fraction of sp³-hybridized carbons (Fsp3) is 0.562. The van der Waals surface area contributed by atoms with Crippen LogP contribution in [0.15, 0.2) is 23.1 Å². The highest BCUT2D eigenvalue weighted by Crippen LogP contribution is 2.31. The second-order valence-corrected chi connectivity index (χ2v) is 8.45. The van der Waals surface area contributed by atoms with Gasteiger partial charge < -0.3 is 10.0 Å². The van der Waals surface area contributed by atoms with Crippen LogP contribution in [0.25, 0.3) is 0 Å². The van der Waals surface area contributed by atoms with E-state index in [0.29, 0.717) is 5.92 Å². The van der Waals surface area contributed by atoms with E-state index in [-0.39, 0.29) is 16.6 Å². The van der Waals surface area contributed by atoms with Crippen LogP contribution in [-0.2, 0) is 14.8 Å². The molecule has 10 heteroatoms. The Balaban J connectivity index is 2.27. The van der Waals surface area contributed by atoms with Gasteiger partial charge in [-0.05, 0) is 43.7 Å². The molecule has 2 N–H and O–H groups in total. The Morgan fingerprint density at radius 3 is 2.50 bits per heavy atom. The van der Waals surface area contributed by atoms with E-state index in [4.69, 9.17) is 5.11 Å². The SMILES string of the molecule is CC1CCC(NS(=O)(=O)c2ccc(N(C)CC(=O)O)c([N+](=O)[O-])c2)CC1. The van der Waals surface area contributed by atoms with E-state index in [2.05, 4.69) is 11.6 Å². The van der Waals surface area contributed by atoms with Crippen LogP contribution in [0.3, 0.4) is 0 Å². The maximum Gasteiger partial charge on any atom is 0.323 e. The highest BCUT2D eigenvalue weighted by Gasteiger charge is 2.27. The number of rotatable bonds is 7. The van der Waals surface area contributed by atoms with Gasteiger partial charge in [0, 0.05) is 19.2 Å². The van der Waals surface area contributed by atoms with Crippen molar-refractivity contribution in [3.63, 3.8) is 0 Å². The van der Waals surface area contributed by atoms with Gasteiger partial charge in [0.1, 0.15) is 12.2 Å². The second kappa shape index (κ2) is 8.00. The van der Waals surface area contributed by atoms with Gasteiger partial charge in [-0.2, -0.15) is 0 Å². The smallest absolute Gasteiger partial charge is 0.323 e. The van der Waals surface area contributed by atoms with Gasteiger partial charge in [0.15, 0.2) is 0 Å². The molecule has 1 aromatic carbocycles. The minimum absolute atomic E-state index is 0.0443. The Bertz CT molecular complexity index is 787. The summed E-state index contributed by atoms with van der Waals surface area (Å²) >= 11 is 0. The Kier molecular flexibility index (Phi) is 6.19. The van der Waals surface area contributed by atoms with Gasteiger partial charge in [-0.3, -0.25) is 14.9 Å². The van der Waals surface area contributed by atoms with Crippen molar-refractivity contribution in [3.05, 3.63) is 28.3 Å². The average molecular weight is 385 g/mol. The van der Waals surface area contributed by atoms with Crippen molar-refractivity contribution in [1.82, 2.24) is 4.72 Å². The number of hydrogen-bond donors (Lipinski definition) is 2. The highest BCUT2D eigenvalue weighted by atomic mass is 32.2. The maximum absolute atomic E-state index is 12.6. The Morgan fingerprint density at radius 1 is 1.35 bits per heavy atom. The lowest BCUT2D eigenvalue weighted by Gasteiger charge is -2.26. The minimum Gasteiger partial charge on any atom is -0.480 e. The van der Waals surface area contributed by atoms with Crippen LogP contribution in [-0.4, -0.2) is 44.1 Å². The van der Waals surface area contributed by atoms with Gasteiger partial charge in [-0.15, -0.1) is 0 Å². The maximum atomic E-state index is 12.6. The zero-order valence-corrected chi connectivity index (χ0v) is 15.5. The predicted octanol–water partition coefficient (Wildman–Crippen LogP) is 1.97. The van der Waals surface area contributed by atoms with Gasteiger partial charge in [0.05, 0.1) is 9.82 Å². The summed E-state index contributed by atoms with van der Waals surface area (Å²) in [6.07, 6.45) is 3.35. The molecule has 0 aliphatic heterocycles. The number of nitro groups is 1. The summed E-state index contributed by atoms with van der Waals surface area (Å²) in [6, 6.07) is 3.32. The molecule has 26 heavy (non-hydrogen) atoms. The van der Waals surface area contributed by atoms with Crippen molar-refractivity contribution < 1.29 is 23.2 Å². The van der Waals surface area contributed by atoms with E-state index in [1.807, 2.05) is 0 Å². The van der Waals surface area contributed by atoms with Crippen molar-refractivity contribution in [2.75, 3.05) is 18.5 Å². The van der Waals surface area contributed by atoms with Gasteiger partial charge in [0.2, 0.25) is 10.0 Å². The number of nitrogens with zero attached hydrogens (tertiary/aromatic N) is 2. The van der Waals surface area contributed by atoms with Crippen molar-refractivity contribution in [1.29, 1.82) is 0 Å². The largest absolute Gasteiger partial charge is 0.480 e. The lowest BCUT2D eigenvalue weighted by Crippen LogP contribution is -2.37. The number of sulfonamides is 1. The molecule has 1 aliphatic rings. The van der Waals surface area contributed by atoms with E-state index in [0.717, 1.165) is 31.7 Å². The van der Waals surface area contributed by atoms with Crippen molar-refractivity contribution >= 4 is 27.4 Å². The van der Waals surface area contributed by atoms with Gasteiger partial charge in [-0.25, -0.2) is 13.1 Å². The van der Waals surface area contributed by atoms with Crippen LogP contribution in [0.1, 0.15) is 32.6 Å². The first-order valence-corrected chi connectivity index (χ1v) is 9.82. The second-order valence-electron chi connectivity index (χ2n) is 6.74. The van der Waals surface area contributed by atoms with E-state index in [1.54, 1.807) is 0 Å². The number of carbonyl (C=O) groups is 1. The van der Waals surface area contributed by atoms with Crippen molar-refractivity contribution in [3.8, 4) is 0 Å². The van der Waals surface area contributed by atoms with E-state index >= 15 is 0 Å². The summed E-state index contributed by atoms with van der Waals surface area (Å²) in [7, 11) is -2.49. The lowest BCUT2D eigenvalue weighted by atomic mass is 9.88. The fourth-order valence-corrected chi connectivity index (χ4v) is 4.42. The van der Waals surface area contributed by atoms with Crippen LogP contribution in [0, 0.1) is 16.0 Å². The normalized spacial score (nSPS) is 20.5. The summed E-state index contributed by atoms with van der Waals surface area (Å²) in [5.74, 6) is -0.576. The third-order valence-corrected chi connectivity index (χ3v) is 6.09. The molecule has 1 fully saturated rings. The van der Waals surface area contributed by atoms with Crippen LogP contribution < -0.4 is 9.62 Å². The zero-order valence-electron chi connectivity index (χ0n) is 14.7. The van der Waals surface area contributed by atoms with Crippen LogP contribution in [0.2, 0.25) is 0 Å². The molecule has 9 nitrogen and oxygen atoms in total. The predicted molar refractivity (Wildman–Crippen MR) is 95.7 cm³/mol. The van der Waals surface area contributed by atoms with Crippen LogP contribution in [0.5, 0.6) is 0 Å². The minimum atomic E-state index is -3.89. The first kappa shape index (κ1) is 20.1. The summed E-state index contributed by atoms with van der Waals surface area (Å²) in [4.78, 5) is 22.4. The number of likely N-dealkylation sites (N-methyl/N-ethyl adjacent to an activating group) is 1. The molecule has 0 unspecified atom stereocenters. The van der Waals surface area contributed by atoms with E-state index < -0.39 is 33.1 Å². The number of nitro benzene ring substituents is 1. The number of benzene rings is 1. The zero-order chi connectivity index (χ0) is 19.5. The lowest BCUT2D eigenvalue weighted by molar-refractivity contribution is -0.384. The molecule has 0 amide bonds. The van der Waals surface area contributed by atoms with Crippen molar-refractivity contribution in [2.45, 2.75) is 43.5 Å². The summed E-state index contributed by atoms with van der Waals surface area (Å²) in [5, 5.41) is 20.2. The molecule has 2 rings (SSSR count). The first-order valence-electron chi connectivity index (χ1n) is 8.34. The molecular weight excluding hydrogens is 362 g/mol. The highest BCUT2D eigenvalue weighted by molar-refractivity contribution is 7.89. The standard InChI is InChI=1S/C16H23N3O6S/c1-11-3-5-12(6-4-11)17-26(24,25)13-7-8-14(15(9-13)19(22)23)18(2)10-16(20)21/h7-9,11-12,17H,3-6,10H2,1-2H3,(H,20,21). The van der Waals surface area contributed by atoms with E-state index in [1.165, 1.54) is 24.1 Å².